The molecule has 1 unspecified atom stereocenters. The second kappa shape index (κ2) is 8.73. The largest absolute Gasteiger partial charge is 0.343 e. The third-order valence-electron chi connectivity index (χ3n) is 4.10. The Bertz CT molecular complexity index is 965. The normalized spacial score (nSPS) is 11.9. The molecule has 1 heterocycles. The third-order valence-corrected chi connectivity index (χ3v) is 5.25. The number of aromatic nitrogens is 3. The number of nitrogens with zero attached hydrogens (tertiary/aromatic N) is 2. The lowest BCUT2D eigenvalue weighted by Crippen LogP contribution is -2.17. The Morgan fingerprint density at radius 2 is 2.00 bits per heavy atom. The molecule has 0 bridgehead atoms. The van der Waals surface area contributed by atoms with Crippen LogP contribution in [0.1, 0.15) is 41.4 Å². The maximum atomic E-state index is 12.3. The van der Waals surface area contributed by atoms with E-state index in [0.717, 1.165) is 17.7 Å². The molecule has 3 aromatic rings. The van der Waals surface area contributed by atoms with E-state index in [0.29, 0.717) is 17.3 Å². The average molecular weight is 382 g/mol. The highest BCUT2D eigenvalue weighted by molar-refractivity contribution is 7.99. The first-order chi connectivity index (χ1) is 13.1. The number of hydrogen-bond donors (Lipinski definition) is 2. The smallest absolute Gasteiger partial charge is 0.322 e. The minimum absolute atomic E-state index is 0.0735. The van der Waals surface area contributed by atoms with Gasteiger partial charge >= 0.3 is 5.69 Å². The van der Waals surface area contributed by atoms with Gasteiger partial charge in [-0.3, -0.25) is 9.36 Å². The van der Waals surface area contributed by atoms with Gasteiger partial charge in [0.25, 0.3) is 5.91 Å². The number of hydrogen-bond acceptors (Lipinski definition) is 4. The molecule has 6 nitrogen and oxygen atoms in total. The van der Waals surface area contributed by atoms with E-state index in [1.54, 1.807) is 16.7 Å². The first kappa shape index (κ1) is 19.0. The fourth-order valence-corrected chi connectivity index (χ4v) is 3.70. The minimum atomic E-state index is -0.185. The van der Waals surface area contributed by atoms with Gasteiger partial charge in [-0.05, 0) is 43.2 Å². The molecule has 3 rings (SSSR count). The van der Waals surface area contributed by atoms with E-state index < -0.39 is 0 Å². The van der Waals surface area contributed by atoms with Crippen molar-refractivity contribution in [3.05, 3.63) is 76.2 Å². The standard InChI is InChI=1S/C20H22N4O2S/c1-3-12-24-19(26)22-23-20(24)27-14(2)16-10-7-11-17(13-16)21-18(25)15-8-5-4-6-9-15/h4-11,13-14H,3,12H2,1-2H3,(H,21,25)(H,22,26). The highest BCUT2D eigenvalue weighted by Gasteiger charge is 2.15. The van der Waals surface area contributed by atoms with Crippen LogP contribution in [0.25, 0.3) is 0 Å². The van der Waals surface area contributed by atoms with Gasteiger partial charge in [0.05, 0.1) is 0 Å². The van der Waals surface area contributed by atoms with E-state index in [2.05, 4.69) is 22.4 Å². The third kappa shape index (κ3) is 4.68. The molecule has 0 aliphatic rings. The van der Waals surface area contributed by atoms with Gasteiger partial charge in [-0.2, -0.15) is 0 Å². The highest BCUT2D eigenvalue weighted by Crippen LogP contribution is 2.34. The van der Waals surface area contributed by atoms with E-state index in [4.69, 9.17) is 0 Å². The summed E-state index contributed by atoms with van der Waals surface area (Å²) < 4.78 is 1.65. The summed E-state index contributed by atoms with van der Waals surface area (Å²) in [7, 11) is 0. The SMILES string of the molecule is CCCn1c(SC(C)c2cccc(NC(=O)c3ccccc3)c2)n[nH]c1=O. The summed E-state index contributed by atoms with van der Waals surface area (Å²) in [6, 6.07) is 16.8. The van der Waals surface area contributed by atoms with Gasteiger partial charge in [-0.25, -0.2) is 9.89 Å². The Morgan fingerprint density at radius 3 is 2.74 bits per heavy atom. The van der Waals surface area contributed by atoms with Crippen LogP contribution in [0.15, 0.2) is 64.5 Å². The number of rotatable bonds is 7. The quantitative estimate of drug-likeness (QED) is 0.603. The maximum Gasteiger partial charge on any atom is 0.343 e. The van der Waals surface area contributed by atoms with Crippen LogP contribution >= 0.6 is 11.8 Å². The molecule has 0 spiro atoms. The molecular formula is C20H22N4O2S. The van der Waals surface area contributed by atoms with Crippen LogP contribution in [0, 0.1) is 0 Å². The zero-order chi connectivity index (χ0) is 19.2. The Kier molecular flexibility index (Phi) is 6.13. The van der Waals surface area contributed by atoms with E-state index in [1.807, 2.05) is 49.4 Å². The van der Waals surface area contributed by atoms with Crippen molar-refractivity contribution in [1.29, 1.82) is 0 Å². The van der Waals surface area contributed by atoms with Crippen molar-refractivity contribution in [3.63, 3.8) is 0 Å². The molecule has 7 heteroatoms. The average Bonchev–Trinajstić information content (AvgIpc) is 3.03. The topological polar surface area (TPSA) is 79.8 Å². The zero-order valence-electron chi connectivity index (χ0n) is 15.3. The predicted octanol–water partition coefficient (Wildman–Crippen LogP) is 4.09. The Labute approximate surface area is 162 Å². The number of carbonyl (C=O) groups is 1. The van der Waals surface area contributed by atoms with Crippen LogP contribution in [-0.4, -0.2) is 20.7 Å². The van der Waals surface area contributed by atoms with Crippen molar-refractivity contribution >= 4 is 23.4 Å². The van der Waals surface area contributed by atoms with E-state index >= 15 is 0 Å². The van der Waals surface area contributed by atoms with Crippen LogP contribution < -0.4 is 11.0 Å². The van der Waals surface area contributed by atoms with Crippen molar-refractivity contribution in [2.45, 2.75) is 37.2 Å². The summed E-state index contributed by atoms with van der Waals surface area (Å²) >= 11 is 1.52. The van der Waals surface area contributed by atoms with E-state index in [-0.39, 0.29) is 16.8 Å². The lowest BCUT2D eigenvalue weighted by Gasteiger charge is -2.13. The number of amides is 1. The van der Waals surface area contributed by atoms with Gasteiger partial charge in [-0.15, -0.1) is 5.10 Å². The number of benzene rings is 2. The van der Waals surface area contributed by atoms with Crippen LogP contribution in [-0.2, 0) is 6.54 Å². The summed E-state index contributed by atoms with van der Waals surface area (Å²) in [6.07, 6.45) is 0.863. The number of carbonyl (C=O) groups excluding carboxylic acids is 1. The summed E-state index contributed by atoms with van der Waals surface area (Å²) in [6.45, 7) is 4.71. The summed E-state index contributed by atoms with van der Waals surface area (Å²) in [4.78, 5) is 24.2. The molecule has 0 fully saturated rings. The van der Waals surface area contributed by atoms with Crippen LogP contribution in [0.2, 0.25) is 0 Å². The fraction of sp³-hybridized carbons (Fsp3) is 0.250. The van der Waals surface area contributed by atoms with Gasteiger partial charge in [0.1, 0.15) is 0 Å². The Morgan fingerprint density at radius 1 is 1.22 bits per heavy atom. The van der Waals surface area contributed by atoms with Crippen molar-refractivity contribution in [3.8, 4) is 0 Å². The zero-order valence-corrected chi connectivity index (χ0v) is 16.1. The fourth-order valence-electron chi connectivity index (χ4n) is 2.70. The molecule has 0 radical (unpaired) electrons. The first-order valence-corrected chi connectivity index (χ1v) is 9.74. The van der Waals surface area contributed by atoms with Gasteiger partial charge in [0.2, 0.25) is 0 Å². The van der Waals surface area contributed by atoms with E-state index in [9.17, 15) is 9.59 Å². The lowest BCUT2D eigenvalue weighted by atomic mass is 10.1. The molecule has 1 aromatic heterocycles. The molecule has 140 valence electrons. The Hall–Kier alpha value is -2.80. The number of anilines is 1. The Balaban J connectivity index is 1.73. The predicted molar refractivity (Wildman–Crippen MR) is 108 cm³/mol. The van der Waals surface area contributed by atoms with Crippen LogP contribution in [0.3, 0.4) is 0 Å². The van der Waals surface area contributed by atoms with E-state index in [1.165, 1.54) is 11.8 Å². The van der Waals surface area contributed by atoms with Crippen molar-refractivity contribution < 1.29 is 4.79 Å². The van der Waals surface area contributed by atoms with Crippen LogP contribution in [0.4, 0.5) is 5.69 Å². The van der Waals surface area contributed by atoms with Gasteiger partial charge < -0.3 is 5.32 Å². The highest BCUT2D eigenvalue weighted by atomic mass is 32.2. The molecule has 2 aromatic carbocycles. The van der Waals surface area contributed by atoms with Crippen LogP contribution in [0.5, 0.6) is 0 Å². The van der Waals surface area contributed by atoms with Gasteiger partial charge in [0, 0.05) is 23.0 Å². The van der Waals surface area contributed by atoms with Crippen molar-refractivity contribution in [2.24, 2.45) is 0 Å². The molecule has 1 atom stereocenters. The molecule has 0 aliphatic heterocycles. The molecular weight excluding hydrogens is 360 g/mol. The first-order valence-electron chi connectivity index (χ1n) is 8.86. The number of thioether (sulfide) groups is 1. The summed E-state index contributed by atoms with van der Waals surface area (Å²) in [5, 5.41) is 10.3. The summed E-state index contributed by atoms with van der Waals surface area (Å²) in [5.41, 5.74) is 2.21. The summed E-state index contributed by atoms with van der Waals surface area (Å²) in [5.74, 6) is -0.142. The molecule has 2 N–H and O–H groups in total. The van der Waals surface area contributed by atoms with Gasteiger partial charge in [-0.1, -0.05) is 49.0 Å². The molecule has 27 heavy (non-hydrogen) atoms. The molecule has 0 saturated carbocycles. The lowest BCUT2D eigenvalue weighted by molar-refractivity contribution is 0.102. The minimum Gasteiger partial charge on any atom is -0.322 e. The molecule has 0 saturated heterocycles. The monoisotopic (exact) mass is 382 g/mol. The number of aromatic amines is 1. The molecule has 0 aliphatic carbocycles. The van der Waals surface area contributed by atoms with Crippen molar-refractivity contribution in [2.75, 3.05) is 5.32 Å². The maximum absolute atomic E-state index is 12.3. The van der Waals surface area contributed by atoms with Crippen molar-refractivity contribution in [1.82, 2.24) is 14.8 Å². The molecule has 1 amide bonds. The second-order valence-electron chi connectivity index (χ2n) is 6.17. The van der Waals surface area contributed by atoms with Gasteiger partial charge in [0.15, 0.2) is 5.16 Å². The number of H-pyrrole nitrogens is 1. The number of nitrogens with one attached hydrogen (secondary N) is 2. The second-order valence-corrected chi connectivity index (χ2v) is 7.48.